The molecule has 0 fully saturated rings. The molecule has 10 nitrogen and oxygen atoms in total. The average molecular weight is 493 g/mol. The van der Waals surface area contributed by atoms with Crippen LogP contribution in [0.2, 0.25) is 0 Å². The standard InChI is InChI=1S/C26H28N4O6/c1-4-15-29-24(36-18(2)3)28-23(32)30(26(29)34)22(31)21(16-19-11-7-5-8-12-19)27-25(33)35-17-20-13-9-6-10-14-20/h4-14,18,21H,1,15-17H2,2-3H3,(H,27,33)/t21-/m0/s1. The van der Waals surface area contributed by atoms with Crippen molar-refractivity contribution >= 4 is 12.0 Å². The first kappa shape index (κ1) is 26.1. The van der Waals surface area contributed by atoms with Crippen LogP contribution in [0.4, 0.5) is 4.79 Å². The van der Waals surface area contributed by atoms with E-state index in [0.717, 1.165) is 10.1 Å². The number of nitrogens with one attached hydrogen (secondary N) is 1. The minimum atomic E-state index is -1.28. The van der Waals surface area contributed by atoms with Crippen molar-refractivity contribution in [1.82, 2.24) is 19.4 Å². The lowest BCUT2D eigenvalue weighted by Gasteiger charge is -2.19. The molecular formula is C26H28N4O6. The zero-order valence-corrected chi connectivity index (χ0v) is 20.1. The lowest BCUT2D eigenvalue weighted by molar-refractivity contribution is 0.0819. The fourth-order valence-electron chi connectivity index (χ4n) is 3.36. The number of alkyl carbamates (subject to hydrolysis) is 1. The molecule has 0 unspecified atom stereocenters. The third-order valence-corrected chi connectivity index (χ3v) is 4.99. The van der Waals surface area contributed by atoms with Crippen molar-refractivity contribution in [3.8, 4) is 6.01 Å². The third kappa shape index (κ3) is 6.78. The number of benzene rings is 2. The topological polar surface area (TPSA) is 122 Å². The number of rotatable bonds is 10. The number of carbonyl (C=O) groups is 2. The van der Waals surface area contributed by atoms with Crippen molar-refractivity contribution in [2.75, 3.05) is 0 Å². The van der Waals surface area contributed by atoms with Gasteiger partial charge in [0.05, 0.1) is 6.10 Å². The molecule has 3 aromatic rings. The van der Waals surface area contributed by atoms with E-state index in [1.807, 2.05) is 6.07 Å². The maximum Gasteiger partial charge on any atom is 0.408 e. The minimum Gasteiger partial charge on any atom is -0.462 e. The Hall–Kier alpha value is -4.47. The number of aromatic nitrogens is 3. The first-order chi connectivity index (χ1) is 17.3. The van der Waals surface area contributed by atoms with Crippen LogP contribution in [0, 0.1) is 0 Å². The van der Waals surface area contributed by atoms with Crippen LogP contribution in [0.5, 0.6) is 6.01 Å². The van der Waals surface area contributed by atoms with Gasteiger partial charge in [-0.15, -0.1) is 11.6 Å². The van der Waals surface area contributed by atoms with Gasteiger partial charge in [0.2, 0.25) is 0 Å². The molecule has 0 aliphatic rings. The Bertz CT molecular complexity index is 1320. The van der Waals surface area contributed by atoms with E-state index in [1.54, 1.807) is 68.4 Å². The van der Waals surface area contributed by atoms with Gasteiger partial charge in [-0.2, -0.15) is 4.57 Å². The highest BCUT2D eigenvalue weighted by Gasteiger charge is 2.28. The quantitative estimate of drug-likeness (QED) is 0.432. The summed E-state index contributed by atoms with van der Waals surface area (Å²) in [7, 11) is 0. The molecule has 188 valence electrons. The van der Waals surface area contributed by atoms with Crippen molar-refractivity contribution in [2.24, 2.45) is 0 Å². The normalized spacial score (nSPS) is 11.5. The predicted octanol–water partition coefficient (Wildman–Crippen LogP) is 2.56. The second-order valence-electron chi connectivity index (χ2n) is 8.15. The summed E-state index contributed by atoms with van der Waals surface area (Å²) in [4.78, 5) is 55.8. The zero-order chi connectivity index (χ0) is 26.1. The van der Waals surface area contributed by atoms with Gasteiger partial charge in [-0.1, -0.05) is 66.7 Å². The molecule has 0 saturated carbocycles. The van der Waals surface area contributed by atoms with Gasteiger partial charge in [0.1, 0.15) is 12.6 Å². The number of amides is 1. The first-order valence-corrected chi connectivity index (χ1v) is 11.4. The number of ether oxygens (including phenoxy) is 2. The number of nitrogens with zero attached hydrogens (tertiary/aromatic N) is 3. The van der Waals surface area contributed by atoms with Crippen LogP contribution < -0.4 is 21.4 Å². The van der Waals surface area contributed by atoms with E-state index in [1.165, 1.54) is 6.08 Å². The van der Waals surface area contributed by atoms with E-state index < -0.39 is 29.4 Å². The molecule has 36 heavy (non-hydrogen) atoms. The molecule has 1 amide bonds. The fourth-order valence-corrected chi connectivity index (χ4v) is 3.36. The van der Waals surface area contributed by atoms with Crippen LogP contribution >= 0.6 is 0 Å². The summed E-state index contributed by atoms with van der Waals surface area (Å²) in [6.07, 6.45) is 0.180. The van der Waals surface area contributed by atoms with Gasteiger partial charge >= 0.3 is 23.5 Å². The van der Waals surface area contributed by atoms with Crippen molar-refractivity contribution < 1.29 is 19.1 Å². The van der Waals surface area contributed by atoms with Gasteiger partial charge < -0.3 is 14.8 Å². The molecular weight excluding hydrogens is 464 g/mol. The molecule has 10 heteroatoms. The van der Waals surface area contributed by atoms with Crippen LogP contribution in [0.1, 0.15) is 29.8 Å². The van der Waals surface area contributed by atoms with Gasteiger partial charge in [0.15, 0.2) is 0 Å². The van der Waals surface area contributed by atoms with Crippen molar-refractivity contribution in [2.45, 2.75) is 45.6 Å². The minimum absolute atomic E-state index is 0.0116. The Morgan fingerprint density at radius 3 is 2.22 bits per heavy atom. The Morgan fingerprint density at radius 2 is 1.64 bits per heavy atom. The molecule has 1 aromatic heterocycles. The second kappa shape index (κ2) is 12.3. The van der Waals surface area contributed by atoms with Crippen LogP contribution in [-0.4, -0.2) is 38.3 Å². The summed E-state index contributed by atoms with van der Waals surface area (Å²) in [6, 6.07) is 16.4. The second-order valence-corrected chi connectivity index (χ2v) is 8.15. The van der Waals surface area contributed by atoms with E-state index in [4.69, 9.17) is 9.47 Å². The molecule has 1 atom stereocenters. The van der Waals surface area contributed by atoms with Crippen molar-refractivity contribution in [3.63, 3.8) is 0 Å². The zero-order valence-electron chi connectivity index (χ0n) is 20.1. The van der Waals surface area contributed by atoms with Gasteiger partial charge in [0, 0.05) is 13.0 Å². The van der Waals surface area contributed by atoms with Gasteiger partial charge in [-0.25, -0.2) is 19.0 Å². The van der Waals surface area contributed by atoms with Crippen LogP contribution in [0.3, 0.4) is 0 Å². The van der Waals surface area contributed by atoms with E-state index in [2.05, 4.69) is 16.9 Å². The molecule has 2 aromatic carbocycles. The molecule has 1 N–H and O–H groups in total. The van der Waals surface area contributed by atoms with Crippen molar-refractivity contribution in [1.29, 1.82) is 0 Å². The highest BCUT2D eigenvalue weighted by atomic mass is 16.5. The van der Waals surface area contributed by atoms with Gasteiger partial charge in [-0.05, 0) is 25.0 Å². The summed E-state index contributed by atoms with van der Waals surface area (Å²) in [5.74, 6) is -0.952. The van der Waals surface area contributed by atoms with E-state index in [0.29, 0.717) is 10.1 Å². The van der Waals surface area contributed by atoms with Gasteiger partial charge in [0.25, 0.3) is 5.91 Å². The van der Waals surface area contributed by atoms with Crippen molar-refractivity contribution in [3.05, 3.63) is 105 Å². The molecule has 0 radical (unpaired) electrons. The third-order valence-electron chi connectivity index (χ3n) is 4.99. The Morgan fingerprint density at radius 1 is 1.03 bits per heavy atom. The maximum absolute atomic E-state index is 13.5. The monoisotopic (exact) mass is 492 g/mol. The lowest BCUT2D eigenvalue weighted by Crippen LogP contribution is -2.53. The Balaban J connectivity index is 1.93. The molecule has 0 aliphatic heterocycles. The Kier molecular flexibility index (Phi) is 8.93. The number of allylic oxidation sites excluding steroid dienone is 1. The summed E-state index contributed by atoms with van der Waals surface area (Å²) < 4.78 is 12.1. The molecule has 3 rings (SSSR count). The van der Waals surface area contributed by atoms with E-state index in [-0.39, 0.29) is 31.7 Å². The van der Waals surface area contributed by atoms with Crippen LogP contribution in [0.25, 0.3) is 0 Å². The number of hydrogen-bond donors (Lipinski definition) is 1. The summed E-state index contributed by atoms with van der Waals surface area (Å²) >= 11 is 0. The summed E-state index contributed by atoms with van der Waals surface area (Å²) in [6.45, 7) is 6.96. The Labute approximate surface area is 207 Å². The summed E-state index contributed by atoms with van der Waals surface area (Å²) in [5, 5.41) is 2.49. The van der Waals surface area contributed by atoms with Gasteiger partial charge in [-0.3, -0.25) is 4.79 Å². The predicted molar refractivity (Wildman–Crippen MR) is 133 cm³/mol. The highest BCUT2D eigenvalue weighted by Crippen LogP contribution is 2.08. The maximum atomic E-state index is 13.5. The van der Waals surface area contributed by atoms with E-state index >= 15 is 0 Å². The number of hydrogen-bond acceptors (Lipinski definition) is 7. The summed E-state index contributed by atoms with van der Waals surface area (Å²) in [5.41, 5.74) is -0.606. The molecule has 0 spiro atoms. The van der Waals surface area contributed by atoms with Crippen LogP contribution in [-0.2, 0) is 24.3 Å². The molecule has 0 aliphatic carbocycles. The SMILES string of the molecule is C=CCn1c(OC(C)C)nc(=O)n(C(=O)[C@H](Cc2ccccc2)NC(=O)OCc2ccccc2)c1=O. The number of carbonyl (C=O) groups excluding carboxylic acids is 2. The fraction of sp³-hybridized carbons (Fsp3) is 0.269. The van der Waals surface area contributed by atoms with Crippen LogP contribution in [0.15, 0.2) is 82.9 Å². The smallest absolute Gasteiger partial charge is 0.408 e. The molecule has 0 saturated heterocycles. The lowest BCUT2D eigenvalue weighted by atomic mass is 10.1. The largest absolute Gasteiger partial charge is 0.462 e. The van der Waals surface area contributed by atoms with E-state index in [9.17, 15) is 19.2 Å². The molecule has 1 heterocycles. The highest BCUT2D eigenvalue weighted by molar-refractivity contribution is 5.87. The first-order valence-electron chi connectivity index (χ1n) is 11.4. The average Bonchev–Trinajstić information content (AvgIpc) is 2.85. The molecule has 0 bridgehead atoms.